The van der Waals surface area contributed by atoms with Gasteiger partial charge in [-0.15, -0.1) is 0 Å². The maximum Gasteiger partial charge on any atom is 0.407 e. The molecule has 1 saturated heterocycles. The second kappa shape index (κ2) is 7.38. The van der Waals surface area contributed by atoms with Crippen LogP contribution in [0.3, 0.4) is 0 Å². The van der Waals surface area contributed by atoms with E-state index < -0.39 is 0 Å². The summed E-state index contributed by atoms with van der Waals surface area (Å²) >= 11 is 0. The van der Waals surface area contributed by atoms with Crippen molar-refractivity contribution in [2.75, 3.05) is 24.5 Å². The van der Waals surface area contributed by atoms with Crippen molar-refractivity contribution in [3.8, 4) is 0 Å². The molecule has 24 heavy (non-hydrogen) atoms. The Balaban J connectivity index is 1.84. The summed E-state index contributed by atoms with van der Waals surface area (Å²) in [5.41, 5.74) is 2.15. The number of aromatic nitrogens is 1. The van der Waals surface area contributed by atoms with Crippen molar-refractivity contribution in [2.45, 2.75) is 58.2 Å². The third-order valence-electron chi connectivity index (χ3n) is 4.82. The molecule has 0 spiro atoms. The molecule has 2 aliphatic heterocycles. The Labute approximate surface area is 144 Å². The molecule has 3 rings (SSSR count). The van der Waals surface area contributed by atoms with Gasteiger partial charge in [-0.1, -0.05) is 19.4 Å². The maximum atomic E-state index is 11.8. The minimum atomic E-state index is -0.369. The van der Waals surface area contributed by atoms with Crippen LogP contribution in [0, 0.1) is 0 Å². The fourth-order valence-electron chi connectivity index (χ4n) is 3.72. The van der Waals surface area contributed by atoms with E-state index in [4.69, 9.17) is 9.72 Å². The molecule has 2 aliphatic rings. The molecule has 1 fully saturated rings. The van der Waals surface area contributed by atoms with Crippen molar-refractivity contribution >= 4 is 11.9 Å². The molecule has 1 unspecified atom stereocenters. The first-order chi connectivity index (χ1) is 11.6. The van der Waals surface area contributed by atoms with E-state index >= 15 is 0 Å². The van der Waals surface area contributed by atoms with Gasteiger partial charge in [0.2, 0.25) is 0 Å². The zero-order chi connectivity index (χ0) is 17.1. The lowest BCUT2D eigenvalue weighted by Crippen LogP contribution is -2.55. The Morgan fingerprint density at radius 1 is 1.46 bits per heavy atom. The number of pyridine rings is 1. The molecular formula is C18H28N4O2. The molecule has 0 aliphatic carbocycles. The van der Waals surface area contributed by atoms with Crippen LogP contribution in [-0.2, 0) is 11.2 Å². The SMILES string of the molecule is CCCC(OC(=O)NCC)c1ccc2c(n1)N1[C@@H](CNC[C@H]1C)C2. The number of hydrogen-bond donors (Lipinski definition) is 2. The molecule has 1 amide bonds. The van der Waals surface area contributed by atoms with Gasteiger partial charge in [-0.2, -0.15) is 0 Å². The quantitative estimate of drug-likeness (QED) is 0.867. The second-order valence-corrected chi connectivity index (χ2v) is 6.70. The maximum absolute atomic E-state index is 11.8. The lowest BCUT2D eigenvalue weighted by atomic mass is 10.1. The van der Waals surface area contributed by atoms with Crippen LogP contribution in [0.15, 0.2) is 12.1 Å². The van der Waals surface area contributed by atoms with Crippen LogP contribution in [0.25, 0.3) is 0 Å². The highest BCUT2D eigenvalue weighted by atomic mass is 16.6. The van der Waals surface area contributed by atoms with Crippen molar-refractivity contribution in [2.24, 2.45) is 0 Å². The first kappa shape index (κ1) is 17.0. The van der Waals surface area contributed by atoms with Gasteiger partial charge in [-0.05, 0) is 38.3 Å². The molecule has 0 aromatic carbocycles. The van der Waals surface area contributed by atoms with Crippen LogP contribution < -0.4 is 15.5 Å². The predicted octanol–water partition coefficient (Wildman–Crippen LogP) is 2.39. The third kappa shape index (κ3) is 3.34. The Morgan fingerprint density at radius 3 is 3.04 bits per heavy atom. The lowest BCUT2D eigenvalue weighted by Gasteiger charge is -2.37. The predicted molar refractivity (Wildman–Crippen MR) is 94.3 cm³/mol. The number of alkyl carbamates (subject to hydrolysis) is 1. The van der Waals surface area contributed by atoms with Gasteiger partial charge in [-0.3, -0.25) is 0 Å². The van der Waals surface area contributed by atoms with E-state index in [0.29, 0.717) is 18.6 Å². The van der Waals surface area contributed by atoms with E-state index in [9.17, 15) is 4.79 Å². The molecule has 3 atom stereocenters. The molecule has 0 radical (unpaired) electrons. The van der Waals surface area contributed by atoms with E-state index in [-0.39, 0.29) is 12.2 Å². The van der Waals surface area contributed by atoms with Gasteiger partial charge in [0.1, 0.15) is 11.9 Å². The molecule has 0 saturated carbocycles. The van der Waals surface area contributed by atoms with Gasteiger partial charge >= 0.3 is 6.09 Å². The number of nitrogens with one attached hydrogen (secondary N) is 2. The lowest BCUT2D eigenvalue weighted by molar-refractivity contribution is 0.0901. The first-order valence-corrected chi connectivity index (χ1v) is 9.07. The zero-order valence-electron chi connectivity index (χ0n) is 14.8. The summed E-state index contributed by atoms with van der Waals surface area (Å²) in [5.74, 6) is 1.08. The summed E-state index contributed by atoms with van der Waals surface area (Å²) in [6.45, 7) is 8.76. The van der Waals surface area contributed by atoms with Crippen molar-refractivity contribution < 1.29 is 9.53 Å². The summed E-state index contributed by atoms with van der Waals surface area (Å²) in [4.78, 5) is 19.2. The smallest absolute Gasteiger partial charge is 0.407 e. The number of anilines is 1. The van der Waals surface area contributed by atoms with Gasteiger partial charge < -0.3 is 20.3 Å². The molecule has 0 bridgehead atoms. The molecular weight excluding hydrogens is 304 g/mol. The summed E-state index contributed by atoms with van der Waals surface area (Å²) < 4.78 is 5.60. The van der Waals surface area contributed by atoms with E-state index in [1.165, 1.54) is 5.56 Å². The molecule has 6 nitrogen and oxygen atoms in total. The van der Waals surface area contributed by atoms with E-state index in [1.807, 2.05) is 13.0 Å². The Morgan fingerprint density at radius 2 is 2.29 bits per heavy atom. The molecule has 1 aromatic rings. The number of hydrogen-bond acceptors (Lipinski definition) is 5. The second-order valence-electron chi connectivity index (χ2n) is 6.70. The van der Waals surface area contributed by atoms with Gasteiger partial charge in [0.15, 0.2) is 0 Å². The number of piperazine rings is 1. The standard InChI is InChI=1S/C18H28N4O2/c1-4-6-16(24-18(23)20-5-2)15-8-7-13-9-14-11-19-10-12(3)22(14)17(13)21-15/h7-8,12,14,16,19H,4-6,9-11H2,1-3H3,(H,20,23)/t12-,14-,16?/m1/s1. The fraction of sp³-hybridized carbons (Fsp3) is 0.667. The minimum absolute atomic E-state index is 0.288. The Bertz CT molecular complexity index is 592. The number of nitrogens with zero attached hydrogens (tertiary/aromatic N) is 2. The highest BCUT2D eigenvalue weighted by Crippen LogP contribution is 2.35. The number of ether oxygens (including phenoxy) is 1. The number of carbonyl (C=O) groups is 1. The fourth-order valence-corrected chi connectivity index (χ4v) is 3.72. The average molecular weight is 332 g/mol. The highest BCUT2D eigenvalue weighted by Gasteiger charge is 2.36. The van der Waals surface area contributed by atoms with Crippen LogP contribution in [0.5, 0.6) is 0 Å². The van der Waals surface area contributed by atoms with Crippen LogP contribution in [-0.4, -0.2) is 42.8 Å². The first-order valence-electron chi connectivity index (χ1n) is 9.07. The number of rotatable bonds is 5. The van der Waals surface area contributed by atoms with Crippen LogP contribution in [0.4, 0.5) is 10.6 Å². The van der Waals surface area contributed by atoms with Crippen molar-refractivity contribution in [1.29, 1.82) is 0 Å². The summed E-state index contributed by atoms with van der Waals surface area (Å²) in [5, 5.41) is 6.19. The number of amides is 1. The van der Waals surface area contributed by atoms with Crippen molar-refractivity contribution in [3.63, 3.8) is 0 Å². The third-order valence-corrected chi connectivity index (χ3v) is 4.82. The van der Waals surface area contributed by atoms with E-state index in [2.05, 4.69) is 35.4 Å². The van der Waals surface area contributed by atoms with Crippen molar-refractivity contribution in [1.82, 2.24) is 15.6 Å². The van der Waals surface area contributed by atoms with E-state index in [0.717, 1.165) is 43.9 Å². The zero-order valence-corrected chi connectivity index (χ0v) is 14.8. The van der Waals surface area contributed by atoms with Gasteiger partial charge in [0.25, 0.3) is 0 Å². The average Bonchev–Trinajstić information content (AvgIpc) is 2.93. The van der Waals surface area contributed by atoms with Crippen LogP contribution in [0.1, 0.15) is 51.0 Å². The molecule has 2 N–H and O–H groups in total. The van der Waals surface area contributed by atoms with Crippen LogP contribution in [0.2, 0.25) is 0 Å². The molecule has 6 heteroatoms. The van der Waals surface area contributed by atoms with Gasteiger partial charge in [0.05, 0.1) is 5.69 Å². The number of fused-ring (bicyclic) bond motifs is 3. The summed E-state index contributed by atoms with van der Waals surface area (Å²) in [6.07, 6.45) is 2.10. The normalized spacial score (nSPS) is 23.4. The summed E-state index contributed by atoms with van der Waals surface area (Å²) in [6, 6.07) is 5.10. The van der Waals surface area contributed by atoms with Crippen molar-refractivity contribution in [3.05, 3.63) is 23.4 Å². The largest absolute Gasteiger partial charge is 0.440 e. The Kier molecular flexibility index (Phi) is 5.23. The highest BCUT2D eigenvalue weighted by molar-refractivity contribution is 5.67. The molecule has 1 aromatic heterocycles. The topological polar surface area (TPSA) is 66.5 Å². The van der Waals surface area contributed by atoms with Gasteiger partial charge in [-0.25, -0.2) is 9.78 Å². The van der Waals surface area contributed by atoms with E-state index in [1.54, 1.807) is 0 Å². The monoisotopic (exact) mass is 332 g/mol. The van der Waals surface area contributed by atoms with Crippen LogP contribution >= 0.6 is 0 Å². The number of carbonyl (C=O) groups excluding carboxylic acids is 1. The molecule has 132 valence electrons. The summed E-state index contributed by atoms with van der Waals surface area (Å²) in [7, 11) is 0. The molecule has 3 heterocycles. The minimum Gasteiger partial charge on any atom is -0.440 e. The Hall–Kier alpha value is -1.82. The van der Waals surface area contributed by atoms with Gasteiger partial charge in [0, 0.05) is 31.7 Å².